The molecular formula is C20H34O3. The lowest BCUT2D eigenvalue weighted by atomic mass is 9.91. The molecule has 1 rings (SSSR count). The van der Waals surface area contributed by atoms with Gasteiger partial charge in [0.15, 0.2) is 0 Å². The first-order valence-corrected chi connectivity index (χ1v) is 9.36. The van der Waals surface area contributed by atoms with Crippen molar-refractivity contribution in [3.05, 3.63) is 24.3 Å². The number of carbonyl (C=O) groups is 1. The first-order chi connectivity index (χ1) is 11.1. The van der Waals surface area contributed by atoms with Crippen molar-refractivity contribution < 1.29 is 15.0 Å². The van der Waals surface area contributed by atoms with Crippen LogP contribution in [-0.4, -0.2) is 22.3 Å². The van der Waals surface area contributed by atoms with Gasteiger partial charge < -0.3 is 10.2 Å². The smallest absolute Gasteiger partial charge is 0.303 e. The summed E-state index contributed by atoms with van der Waals surface area (Å²) in [5.74, 6) is 0.571. The van der Waals surface area contributed by atoms with Crippen LogP contribution in [0.4, 0.5) is 0 Å². The molecule has 0 aromatic rings. The van der Waals surface area contributed by atoms with Gasteiger partial charge in [-0.05, 0) is 50.4 Å². The van der Waals surface area contributed by atoms with Crippen LogP contribution in [0.3, 0.4) is 0 Å². The Hall–Kier alpha value is -1.09. The lowest BCUT2D eigenvalue weighted by Gasteiger charge is -2.15. The molecule has 2 unspecified atom stereocenters. The maximum atomic E-state index is 10.4. The molecule has 0 aromatic heterocycles. The van der Waals surface area contributed by atoms with Crippen LogP contribution in [0.1, 0.15) is 77.6 Å². The van der Waals surface area contributed by atoms with Gasteiger partial charge in [0, 0.05) is 6.42 Å². The number of hydrogen-bond donors (Lipinski definition) is 2. The summed E-state index contributed by atoms with van der Waals surface area (Å²) in [6.07, 6.45) is 19.4. The van der Waals surface area contributed by atoms with E-state index in [0.717, 1.165) is 32.1 Å². The number of unbranched alkanes of at least 4 members (excludes halogenated alkanes) is 3. The Morgan fingerprint density at radius 2 is 2.04 bits per heavy atom. The van der Waals surface area contributed by atoms with Crippen molar-refractivity contribution in [3.8, 4) is 0 Å². The molecule has 0 bridgehead atoms. The maximum absolute atomic E-state index is 10.4. The zero-order chi connectivity index (χ0) is 16.9. The monoisotopic (exact) mass is 322 g/mol. The Morgan fingerprint density at radius 1 is 1.22 bits per heavy atom. The minimum atomic E-state index is -0.711. The molecule has 3 atom stereocenters. The fourth-order valence-electron chi connectivity index (χ4n) is 3.34. The Kier molecular flexibility index (Phi) is 10.7. The molecule has 2 N–H and O–H groups in total. The SMILES string of the molecule is CCCCCC(O)C=C[C@H]1CCCC1CC=CCCCC(=O)O. The van der Waals surface area contributed by atoms with Gasteiger partial charge in [0.2, 0.25) is 0 Å². The molecule has 0 aliphatic heterocycles. The van der Waals surface area contributed by atoms with Crippen molar-refractivity contribution in [3.63, 3.8) is 0 Å². The number of rotatable bonds is 12. The second kappa shape index (κ2) is 12.3. The fraction of sp³-hybridized carbons (Fsp3) is 0.750. The van der Waals surface area contributed by atoms with E-state index in [1.807, 2.05) is 6.08 Å². The van der Waals surface area contributed by atoms with Crippen LogP contribution in [-0.2, 0) is 4.79 Å². The third-order valence-electron chi connectivity index (χ3n) is 4.77. The first-order valence-electron chi connectivity index (χ1n) is 9.36. The highest BCUT2D eigenvalue weighted by Gasteiger charge is 2.23. The van der Waals surface area contributed by atoms with Crippen molar-refractivity contribution in [2.24, 2.45) is 11.8 Å². The average Bonchev–Trinajstić information content (AvgIpc) is 2.96. The molecule has 1 aliphatic carbocycles. The standard InChI is InChI=1S/C20H34O3/c1-2-3-6-13-19(21)16-15-18-12-9-11-17(18)10-7-4-5-8-14-20(22)23/h4,7,15-19,21H,2-3,5-6,8-14H2,1H3,(H,22,23)/t17?,18-,19?/m1/s1. The zero-order valence-electron chi connectivity index (χ0n) is 14.6. The normalized spacial score (nSPS) is 23.0. The second-order valence-electron chi connectivity index (χ2n) is 6.80. The summed E-state index contributed by atoms with van der Waals surface area (Å²) in [4.78, 5) is 10.4. The third-order valence-corrected chi connectivity index (χ3v) is 4.77. The van der Waals surface area contributed by atoms with E-state index in [1.54, 1.807) is 0 Å². The molecule has 0 saturated heterocycles. The average molecular weight is 322 g/mol. The van der Waals surface area contributed by atoms with Crippen molar-refractivity contribution in [1.29, 1.82) is 0 Å². The van der Waals surface area contributed by atoms with Crippen LogP contribution in [0.15, 0.2) is 24.3 Å². The summed E-state index contributed by atoms with van der Waals surface area (Å²) < 4.78 is 0. The number of aliphatic hydroxyl groups excluding tert-OH is 1. The van der Waals surface area contributed by atoms with Gasteiger partial charge in [-0.3, -0.25) is 4.79 Å². The number of hydrogen-bond acceptors (Lipinski definition) is 2. The number of carboxylic acids is 1. The number of aliphatic carboxylic acids is 1. The highest BCUT2D eigenvalue weighted by Crippen LogP contribution is 2.35. The van der Waals surface area contributed by atoms with Gasteiger partial charge in [0.25, 0.3) is 0 Å². The lowest BCUT2D eigenvalue weighted by Crippen LogP contribution is -2.07. The maximum Gasteiger partial charge on any atom is 0.303 e. The van der Waals surface area contributed by atoms with Crippen LogP contribution in [0.5, 0.6) is 0 Å². The minimum Gasteiger partial charge on any atom is -0.481 e. The van der Waals surface area contributed by atoms with E-state index in [2.05, 4.69) is 25.2 Å². The Balaban J connectivity index is 2.24. The lowest BCUT2D eigenvalue weighted by molar-refractivity contribution is -0.137. The highest BCUT2D eigenvalue weighted by molar-refractivity contribution is 5.66. The van der Waals surface area contributed by atoms with E-state index in [9.17, 15) is 9.90 Å². The van der Waals surface area contributed by atoms with Gasteiger partial charge in [-0.25, -0.2) is 0 Å². The zero-order valence-corrected chi connectivity index (χ0v) is 14.6. The summed E-state index contributed by atoms with van der Waals surface area (Å²) in [7, 11) is 0. The van der Waals surface area contributed by atoms with Gasteiger partial charge in [0.05, 0.1) is 6.10 Å². The quantitative estimate of drug-likeness (QED) is 0.388. The predicted molar refractivity (Wildman–Crippen MR) is 95.4 cm³/mol. The fourth-order valence-corrected chi connectivity index (χ4v) is 3.34. The van der Waals surface area contributed by atoms with Gasteiger partial charge >= 0.3 is 5.97 Å². The molecular weight excluding hydrogens is 288 g/mol. The molecule has 0 amide bonds. The van der Waals surface area contributed by atoms with Crippen molar-refractivity contribution >= 4 is 5.97 Å². The summed E-state index contributed by atoms with van der Waals surface area (Å²) >= 11 is 0. The molecule has 3 nitrogen and oxygen atoms in total. The van der Waals surface area contributed by atoms with Crippen LogP contribution in [0.2, 0.25) is 0 Å². The summed E-state index contributed by atoms with van der Waals surface area (Å²) in [6.45, 7) is 2.18. The minimum absolute atomic E-state index is 0.259. The van der Waals surface area contributed by atoms with Gasteiger partial charge in [-0.2, -0.15) is 0 Å². The predicted octanol–water partition coefficient (Wildman–Crippen LogP) is 5.10. The summed E-state index contributed by atoms with van der Waals surface area (Å²) in [5.41, 5.74) is 0. The molecule has 3 heteroatoms. The van der Waals surface area contributed by atoms with Gasteiger partial charge in [-0.1, -0.05) is 56.9 Å². The Bertz CT molecular complexity index is 373. The van der Waals surface area contributed by atoms with E-state index >= 15 is 0 Å². The largest absolute Gasteiger partial charge is 0.481 e. The second-order valence-corrected chi connectivity index (χ2v) is 6.80. The van der Waals surface area contributed by atoms with Crippen molar-refractivity contribution in [2.75, 3.05) is 0 Å². The van der Waals surface area contributed by atoms with Crippen LogP contribution in [0, 0.1) is 11.8 Å². The topological polar surface area (TPSA) is 57.5 Å². The Labute approximate surface area is 141 Å². The molecule has 0 radical (unpaired) electrons. The first kappa shape index (κ1) is 20.0. The number of aliphatic hydroxyl groups is 1. The van der Waals surface area contributed by atoms with Crippen LogP contribution < -0.4 is 0 Å². The summed E-state index contributed by atoms with van der Waals surface area (Å²) in [5, 5.41) is 18.6. The molecule has 23 heavy (non-hydrogen) atoms. The Morgan fingerprint density at radius 3 is 2.78 bits per heavy atom. The molecule has 1 saturated carbocycles. The van der Waals surface area contributed by atoms with Crippen molar-refractivity contribution in [2.45, 2.75) is 83.7 Å². The molecule has 0 spiro atoms. The molecule has 1 fully saturated rings. The molecule has 132 valence electrons. The van der Waals surface area contributed by atoms with Crippen LogP contribution >= 0.6 is 0 Å². The van der Waals surface area contributed by atoms with Crippen molar-refractivity contribution in [1.82, 2.24) is 0 Å². The van der Waals surface area contributed by atoms with Crippen LogP contribution in [0.25, 0.3) is 0 Å². The summed E-state index contributed by atoms with van der Waals surface area (Å²) in [6, 6.07) is 0. The van der Waals surface area contributed by atoms with E-state index in [1.165, 1.54) is 32.1 Å². The van der Waals surface area contributed by atoms with E-state index < -0.39 is 5.97 Å². The van der Waals surface area contributed by atoms with E-state index in [-0.39, 0.29) is 12.5 Å². The van der Waals surface area contributed by atoms with Gasteiger partial charge in [0.1, 0.15) is 0 Å². The van der Waals surface area contributed by atoms with E-state index in [4.69, 9.17) is 5.11 Å². The highest BCUT2D eigenvalue weighted by atomic mass is 16.4. The molecule has 0 aromatic carbocycles. The molecule has 1 aliphatic rings. The molecule has 0 heterocycles. The number of allylic oxidation sites excluding steroid dienone is 3. The van der Waals surface area contributed by atoms with Gasteiger partial charge in [-0.15, -0.1) is 0 Å². The third kappa shape index (κ3) is 9.60. The van der Waals surface area contributed by atoms with E-state index in [0.29, 0.717) is 11.8 Å². The number of carboxylic acid groups (broad SMARTS) is 1.